The van der Waals surface area contributed by atoms with Crippen LogP contribution in [0.4, 0.5) is 5.82 Å². The zero-order valence-electron chi connectivity index (χ0n) is 9.09. The van der Waals surface area contributed by atoms with E-state index in [1.54, 1.807) is 13.1 Å². The molecule has 0 radical (unpaired) electrons. The minimum absolute atomic E-state index is 0.0212. The highest BCUT2D eigenvalue weighted by atomic mass is 16.5. The standard InChI is InChI=1S/C10H15N3O3/c1-6-4-13(10(15)12-9(6)11)8-3-2-7(5-14)16-8/h4,7-8,14H,2-3,5H2,1H3,(H2,11,12,15)/t7-,8-/m0/s1. The van der Waals surface area contributed by atoms with Crippen LogP contribution in [0.15, 0.2) is 11.0 Å². The van der Waals surface area contributed by atoms with E-state index in [2.05, 4.69) is 4.98 Å². The SMILES string of the molecule is Cc1cn([C@@H]2CC[C@@H](CO)O2)c(=O)nc1N. The molecule has 0 unspecified atom stereocenters. The summed E-state index contributed by atoms with van der Waals surface area (Å²) in [6, 6.07) is 0. The minimum Gasteiger partial charge on any atom is -0.394 e. The number of nitrogens with two attached hydrogens (primary N) is 1. The van der Waals surface area contributed by atoms with Gasteiger partial charge in [-0.2, -0.15) is 4.98 Å². The summed E-state index contributed by atoms with van der Waals surface area (Å²) < 4.78 is 6.94. The Labute approximate surface area is 92.7 Å². The summed E-state index contributed by atoms with van der Waals surface area (Å²) in [4.78, 5) is 15.3. The molecule has 1 fully saturated rings. The van der Waals surface area contributed by atoms with Gasteiger partial charge in [-0.1, -0.05) is 0 Å². The highest BCUT2D eigenvalue weighted by Crippen LogP contribution is 2.26. The number of aromatic nitrogens is 2. The van der Waals surface area contributed by atoms with Crippen molar-refractivity contribution in [3.63, 3.8) is 0 Å². The van der Waals surface area contributed by atoms with Crippen LogP contribution in [0, 0.1) is 6.92 Å². The lowest BCUT2D eigenvalue weighted by atomic mass is 10.2. The molecule has 2 rings (SSSR count). The Morgan fingerprint density at radius 3 is 3.06 bits per heavy atom. The molecule has 1 saturated heterocycles. The normalized spacial score (nSPS) is 24.9. The fourth-order valence-electron chi connectivity index (χ4n) is 1.81. The highest BCUT2D eigenvalue weighted by Gasteiger charge is 2.26. The van der Waals surface area contributed by atoms with Crippen molar-refractivity contribution in [2.24, 2.45) is 0 Å². The molecule has 6 nitrogen and oxygen atoms in total. The van der Waals surface area contributed by atoms with Crippen LogP contribution < -0.4 is 11.4 Å². The predicted molar refractivity (Wildman–Crippen MR) is 57.9 cm³/mol. The van der Waals surface area contributed by atoms with Crippen molar-refractivity contribution in [1.29, 1.82) is 0 Å². The molecule has 2 heterocycles. The Kier molecular flexibility index (Phi) is 2.93. The van der Waals surface area contributed by atoms with E-state index < -0.39 is 5.69 Å². The smallest absolute Gasteiger partial charge is 0.351 e. The van der Waals surface area contributed by atoms with Gasteiger partial charge < -0.3 is 15.6 Å². The lowest BCUT2D eigenvalue weighted by Gasteiger charge is -2.15. The Morgan fingerprint density at radius 2 is 2.44 bits per heavy atom. The monoisotopic (exact) mass is 225 g/mol. The van der Waals surface area contributed by atoms with Crippen LogP contribution in [0.1, 0.15) is 24.6 Å². The van der Waals surface area contributed by atoms with E-state index in [4.69, 9.17) is 15.6 Å². The first-order valence-corrected chi connectivity index (χ1v) is 5.23. The molecule has 1 aliphatic heterocycles. The van der Waals surface area contributed by atoms with E-state index in [-0.39, 0.29) is 24.8 Å². The summed E-state index contributed by atoms with van der Waals surface area (Å²) in [5.41, 5.74) is 5.87. The zero-order chi connectivity index (χ0) is 11.7. The van der Waals surface area contributed by atoms with Crippen molar-refractivity contribution in [2.75, 3.05) is 12.3 Å². The van der Waals surface area contributed by atoms with Gasteiger partial charge in [-0.15, -0.1) is 0 Å². The van der Waals surface area contributed by atoms with Crippen LogP contribution in [-0.2, 0) is 4.74 Å². The summed E-state index contributed by atoms with van der Waals surface area (Å²) in [5.74, 6) is 0.248. The van der Waals surface area contributed by atoms with E-state index in [9.17, 15) is 4.79 Å². The van der Waals surface area contributed by atoms with Gasteiger partial charge >= 0.3 is 5.69 Å². The van der Waals surface area contributed by atoms with E-state index in [0.29, 0.717) is 6.42 Å². The van der Waals surface area contributed by atoms with E-state index >= 15 is 0 Å². The quantitative estimate of drug-likeness (QED) is 0.727. The van der Waals surface area contributed by atoms with Gasteiger partial charge in [-0.05, 0) is 19.8 Å². The molecule has 1 aromatic heterocycles. The largest absolute Gasteiger partial charge is 0.394 e. The summed E-state index contributed by atoms with van der Waals surface area (Å²) >= 11 is 0. The maximum Gasteiger partial charge on any atom is 0.351 e. The number of hydrogen-bond acceptors (Lipinski definition) is 5. The minimum atomic E-state index is -0.410. The van der Waals surface area contributed by atoms with Crippen LogP contribution in [0.25, 0.3) is 0 Å². The number of aryl methyl sites for hydroxylation is 1. The van der Waals surface area contributed by atoms with Gasteiger partial charge in [0.1, 0.15) is 12.0 Å². The second-order valence-corrected chi connectivity index (χ2v) is 3.97. The lowest BCUT2D eigenvalue weighted by molar-refractivity contribution is -0.0246. The Hall–Kier alpha value is -1.40. The van der Waals surface area contributed by atoms with Crippen LogP contribution in [-0.4, -0.2) is 27.4 Å². The Morgan fingerprint density at radius 1 is 1.69 bits per heavy atom. The van der Waals surface area contributed by atoms with Crippen molar-refractivity contribution >= 4 is 5.82 Å². The molecule has 2 atom stereocenters. The summed E-state index contributed by atoms with van der Waals surface area (Å²) in [6.07, 6.45) is 2.58. The number of nitrogens with zero attached hydrogens (tertiary/aromatic N) is 2. The first-order valence-electron chi connectivity index (χ1n) is 5.23. The fraction of sp³-hybridized carbons (Fsp3) is 0.600. The fourth-order valence-corrected chi connectivity index (χ4v) is 1.81. The topological polar surface area (TPSA) is 90.4 Å². The Balaban J connectivity index is 2.28. The van der Waals surface area contributed by atoms with Gasteiger partial charge in [0, 0.05) is 11.8 Å². The van der Waals surface area contributed by atoms with Crippen LogP contribution in [0.3, 0.4) is 0 Å². The van der Waals surface area contributed by atoms with Gasteiger partial charge in [0.25, 0.3) is 0 Å². The van der Waals surface area contributed by atoms with Crippen molar-refractivity contribution in [3.05, 3.63) is 22.2 Å². The molecule has 0 spiro atoms. The van der Waals surface area contributed by atoms with Crippen molar-refractivity contribution in [3.8, 4) is 0 Å². The van der Waals surface area contributed by atoms with Crippen molar-refractivity contribution in [2.45, 2.75) is 32.1 Å². The number of ether oxygens (including phenoxy) is 1. The molecule has 88 valence electrons. The third kappa shape index (κ3) is 1.94. The molecule has 0 bridgehead atoms. The van der Waals surface area contributed by atoms with E-state index in [0.717, 1.165) is 12.0 Å². The number of aliphatic hydroxyl groups excluding tert-OH is 1. The number of anilines is 1. The molecule has 3 N–H and O–H groups in total. The van der Waals surface area contributed by atoms with E-state index in [1.165, 1.54) is 4.57 Å². The predicted octanol–water partition coefficient (Wildman–Crippen LogP) is -0.196. The summed E-state index contributed by atoms with van der Waals surface area (Å²) in [7, 11) is 0. The molecule has 0 aromatic carbocycles. The van der Waals surface area contributed by atoms with Gasteiger partial charge in [0.05, 0.1) is 12.7 Å². The van der Waals surface area contributed by atoms with Crippen LogP contribution in [0.5, 0.6) is 0 Å². The number of aliphatic hydroxyl groups is 1. The molecular weight excluding hydrogens is 210 g/mol. The van der Waals surface area contributed by atoms with Crippen LogP contribution in [0.2, 0.25) is 0 Å². The maximum atomic E-state index is 11.6. The molecule has 1 aliphatic rings. The second kappa shape index (κ2) is 4.23. The first-order chi connectivity index (χ1) is 7.61. The molecule has 6 heteroatoms. The van der Waals surface area contributed by atoms with Gasteiger partial charge in [0.2, 0.25) is 0 Å². The average Bonchev–Trinajstić information content (AvgIpc) is 2.71. The van der Waals surface area contributed by atoms with Crippen LogP contribution >= 0.6 is 0 Å². The molecule has 0 amide bonds. The first kappa shape index (κ1) is 11.1. The van der Waals surface area contributed by atoms with Gasteiger partial charge in [-0.3, -0.25) is 4.57 Å². The zero-order valence-corrected chi connectivity index (χ0v) is 9.09. The maximum absolute atomic E-state index is 11.6. The molecule has 0 aliphatic carbocycles. The molecule has 0 saturated carbocycles. The third-order valence-electron chi connectivity index (χ3n) is 2.77. The second-order valence-electron chi connectivity index (χ2n) is 3.97. The average molecular weight is 225 g/mol. The number of nitrogen functional groups attached to an aromatic ring is 1. The van der Waals surface area contributed by atoms with Gasteiger partial charge in [0.15, 0.2) is 0 Å². The molecule has 16 heavy (non-hydrogen) atoms. The lowest BCUT2D eigenvalue weighted by Crippen LogP contribution is -2.28. The molecular formula is C10H15N3O3. The highest BCUT2D eigenvalue weighted by molar-refractivity contribution is 5.35. The third-order valence-corrected chi connectivity index (χ3v) is 2.77. The van der Waals surface area contributed by atoms with E-state index in [1.807, 2.05) is 0 Å². The number of hydrogen-bond donors (Lipinski definition) is 2. The van der Waals surface area contributed by atoms with Gasteiger partial charge in [-0.25, -0.2) is 4.79 Å². The summed E-state index contributed by atoms with van der Waals surface area (Å²) in [6.45, 7) is 1.77. The van der Waals surface area contributed by atoms with Crippen molar-refractivity contribution in [1.82, 2.24) is 9.55 Å². The Bertz CT molecular complexity index is 443. The summed E-state index contributed by atoms with van der Waals surface area (Å²) in [5, 5.41) is 8.95. The molecule has 1 aromatic rings. The number of rotatable bonds is 2. The van der Waals surface area contributed by atoms with Crippen molar-refractivity contribution < 1.29 is 9.84 Å².